The summed E-state index contributed by atoms with van der Waals surface area (Å²) in [6, 6.07) is 15.0. The second kappa shape index (κ2) is 13.7. The molecule has 46 heavy (non-hydrogen) atoms. The van der Waals surface area contributed by atoms with Gasteiger partial charge in [-0.3, -0.25) is 9.52 Å². The van der Waals surface area contributed by atoms with Crippen LogP contribution in [0.2, 0.25) is 0 Å². The van der Waals surface area contributed by atoms with Crippen molar-refractivity contribution in [2.75, 3.05) is 50.7 Å². The standard InChI is InChI=1S/C32H38N4O9S/c1-20-16-36(21(2)18-37)31(38)14-22-13-24(34-46(40,41)26-9-7-25(42-4)8-10-26)6-11-27(22)45-30(20)17-35(3)32(39)33-23-5-12-28-29(15-23)44-19-43-28/h5-13,15,20-21,30,34,37H,14,16-19H2,1-4H3,(H,33,39)/t20-,21-,30-/m1/s1. The summed E-state index contributed by atoms with van der Waals surface area (Å²) in [6.07, 6.45) is -0.648. The molecule has 3 atom stereocenters. The molecule has 2 aliphatic rings. The molecule has 0 fully saturated rings. The zero-order valence-electron chi connectivity index (χ0n) is 26.1. The summed E-state index contributed by atoms with van der Waals surface area (Å²) in [6.45, 7) is 3.99. The van der Waals surface area contributed by atoms with Crippen molar-refractivity contribution in [2.24, 2.45) is 5.92 Å². The van der Waals surface area contributed by atoms with Crippen LogP contribution in [0.25, 0.3) is 0 Å². The van der Waals surface area contributed by atoms with Crippen molar-refractivity contribution in [1.29, 1.82) is 0 Å². The number of aliphatic hydroxyl groups is 1. The first-order valence-electron chi connectivity index (χ1n) is 14.8. The van der Waals surface area contributed by atoms with Crippen LogP contribution in [0, 0.1) is 5.92 Å². The number of rotatable bonds is 9. The zero-order chi connectivity index (χ0) is 33.0. The summed E-state index contributed by atoms with van der Waals surface area (Å²) in [7, 11) is -0.811. The molecule has 5 rings (SSSR count). The van der Waals surface area contributed by atoms with E-state index in [4.69, 9.17) is 18.9 Å². The van der Waals surface area contributed by atoms with Crippen molar-refractivity contribution in [2.45, 2.75) is 37.3 Å². The minimum atomic E-state index is -3.95. The topological polar surface area (TPSA) is 156 Å². The number of anilines is 2. The fourth-order valence-electron chi connectivity index (χ4n) is 5.23. The van der Waals surface area contributed by atoms with E-state index in [0.717, 1.165) is 0 Å². The molecule has 2 heterocycles. The number of methoxy groups -OCH3 is 1. The molecule has 0 spiro atoms. The molecule has 0 radical (unpaired) electrons. The van der Waals surface area contributed by atoms with E-state index >= 15 is 0 Å². The van der Waals surface area contributed by atoms with E-state index in [1.54, 1.807) is 67.4 Å². The molecule has 3 aromatic carbocycles. The predicted octanol–water partition coefficient (Wildman–Crippen LogP) is 3.54. The highest BCUT2D eigenvalue weighted by molar-refractivity contribution is 7.92. The second-order valence-electron chi connectivity index (χ2n) is 11.4. The van der Waals surface area contributed by atoms with Crippen molar-refractivity contribution >= 4 is 33.3 Å². The monoisotopic (exact) mass is 654 g/mol. The van der Waals surface area contributed by atoms with Crippen LogP contribution in [0.1, 0.15) is 19.4 Å². The molecule has 3 N–H and O–H groups in total. The van der Waals surface area contributed by atoms with Gasteiger partial charge in [-0.05, 0) is 61.5 Å². The van der Waals surface area contributed by atoms with Crippen LogP contribution in [0.3, 0.4) is 0 Å². The number of hydrogen-bond acceptors (Lipinski definition) is 9. The minimum absolute atomic E-state index is 0.0445. The number of amides is 3. The first kappa shape index (κ1) is 32.7. The second-order valence-corrected chi connectivity index (χ2v) is 13.1. The van der Waals surface area contributed by atoms with Gasteiger partial charge in [-0.15, -0.1) is 0 Å². The van der Waals surface area contributed by atoms with E-state index in [2.05, 4.69) is 10.0 Å². The lowest BCUT2D eigenvalue weighted by Gasteiger charge is -2.34. The van der Waals surface area contributed by atoms with Gasteiger partial charge in [0.1, 0.15) is 17.6 Å². The number of carbonyl (C=O) groups excluding carboxylic acids is 2. The fourth-order valence-corrected chi connectivity index (χ4v) is 6.28. The molecule has 0 bridgehead atoms. The third-order valence-corrected chi connectivity index (χ3v) is 9.36. The quantitative estimate of drug-likeness (QED) is 0.314. The van der Waals surface area contributed by atoms with E-state index in [1.165, 1.54) is 24.1 Å². The molecule has 2 aliphatic heterocycles. The lowest BCUT2D eigenvalue weighted by Crippen LogP contribution is -2.48. The maximum Gasteiger partial charge on any atom is 0.321 e. The summed E-state index contributed by atoms with van der Waals surface area (Å²) < 4.78 is 51.1. The molecule has 0 aromatic heterocycles. The predicted molar refractivity (Wildman–Crippen MR) is 170 cm³/mol. The smallest absolute Gasteiger partial charge is 0.321 e. The van der Waals surface area contributed by atoms with Gasteiger partial charge in [-0.2, -0.15) is 0 Å². The Kier molecular flexibility index (Phi) is 9.77. The number of nitrogens with one attached hydrogen (secondary N) is 2. The summed E-state index contributed by atoms with van der Waals surface area (Å²) >= 11 is 0. The van der Waals surface area contributed by atoms with Gasteiger partial charge >= 0.3 is 6.03 Å². The molecule has 0 unspecified atom stereocenters. The van der Waals surface area contributed by atoms with E-state index in [0.29, 0.717) is 34.2 Å². The third-order valence-electron chi connectivity index (χ3n) is 7.96. The highest BCUT2D eigenvalue weighted by Crippen LogP contribution is 2.34. The summed E-state index contributed by atoms with van der Waals surface area (Å²) in [5.41, 5.74) is 1.24. The molecule has 246 valence electrons. The molecular weight excluding hydrogens is 616 g/mol. The third kappa shape index (κ3) is 7.40. The molecule has 14 heteroatoms. The minimum Gasteiger partial charge on any atom is -0.497 e. The fraction of sp³-hybridized carbons (Fsp3) is 0.375. The van der Waals surface area contributed by atoms with Gasteiger partial charge in [0.2, 0.25) is 12.7 Å². The van der Waals surface area contributed by atoms with Crippen LogP contribution in [0.15, 0.2) is 65.6 Å². The van der Waals surface area contributed by atoms with Gasteiger partial charge in [0, 0.05) is 42.5 Å². The molecule has 3 aromatic rings. The van der Waals surface area contributed by atoms with Gasteiger partial charge in [-0.25, -0.2) is 13.2 Å². The van der Waals surface area contributed by atoms with Crippen LogP contribution in [-0.4, -0.2) is 88.1 Å². The summed E-state index contributed by atoms with van der Waals surface area (Å²) in [5.74, 6) is 1.55. The number of hydrogen-bond donors (Lipinski definition) is 3. The van der Waals surface area contributed by atoms with Crippen LogP contribution < -0.4 is 29.0 Å². The number of sulfonamides is 1. The Morgan fingerprint density at radius 3 is 2.48 bits per heavy atom. The average molecular weight is 655 g/mol. The van der Waals surface area contributed by atoms with Crippen molar-refractivity contribution in [3.63, 3.8) is 0 Å². The molecule has 3 amide bonds. The number of likely N-dealkylation sites (N-methyl/N-ethyl adjacent to an activating group) is 1. The molecule has 13 nitrogen and oxygen atoms in total. The van der Waals surface area contributed by atoms with Crippen molar-refractivity contribution in [3.05, 3.63) is 66.2 Å². The highest BCUT2D eigenvalue weighted by Gasteiger charge is 2.32. The van der Waals surface area contributed by atoms with E-state index in [-0.39, 0.29) is 61.3 Å². The number of benzene rings is 3. The Bertz CT molecular complexity index is 1680. The number of carbonyl (C=O) groups is 2. The van der Waals surface area contributed by atoms with Crippen molar-refractivity contribution in [1.82, 2.24) is 9.80 Å². The average Bonchev–Trinajstić information content (AvgIpc) is 3.52. The van der Waals surface area contributed by atoms with E-state index in [9.17, 15) is 23.1 Å². The zero-order valence-corrected chi connectivity index (χ0v) is 26.9. The van der Waals surface area contributed by atoms with Gasteiger partial charge < -0.3 is 39.2 Å². The van der Waals surface area contributed by atoms with Gasteiger partial charge in [0.15, 0.2) is 11.5 Å². The number of aliphatic hydroxyl groups excluding tert-OH is 1. The first-order valence-corrected chi connectivity index (χ1v) is 16.2. The number of fused-ring (bicyclic) bond motifs is 2. The lowest BCUT2D eigenvalue weighted by atomic mass is 10.0. The lowest BCUT2D eigenvalue weighted by molar-refractivity contribution is -0.134. The van der Waals surface area contributed by atoms with Crippen LogP contribution >= 0.6 is 0 Å². The largest absolute Gasteiger partial charge is 0.497 e. The van der Waals surface area contributed by atoms with E-state index in [1.807, 2.05) is 6.92 Å². The number of urea groups is 1. The Labute approximate surface area is 268 Å². The van der Waals surface area contributed by atoms with Crippen LogP contribution in [0.4, 0.5) is 16.2 Å². The van der Waals surface area contributed by atoms with Crippen molar-refractivity contribution in [3.8, 4) is 23.0 Å². The molecule has 0 saturated heterocycles. The molecule has 0 saturated carbocycles. The maximum atomic E-state index is 13.5. The van der Waals surface area contributed by atoms with Crippen LogP contribution in [-0.2, 0) is 21.2 Å². The number of nitrogens with zero attached hydrogens (tertiary/aromatic N) is 2. The Balaban J connectivity index is 1.38. The molecular formula is C32H38N4O9S. The van der Waals surface area contributed by atoms with Crippen LogP contribution in [0.5, 0.6) is 23.0 Å². The SMILES string of the molecule is COc1ccc(S(=O)(=O)Nc2ccc3c(c2)CC(=O)N([C@H](C)CO)C[C@@H](C)[C@@H](CN(C)C(=O)Nc2ccc4c(c2)OCO4)O3)cc1. The summed E-state index contributed by atoms with van der Waals surface area (Å²) in [5, 5.41) is 12.8. The van der Waals surface area contributed by atoms with E-state index < -0.39 is 22.2 Å². The number of ether oxygens (including phenoxy) is 4. The Morgan fingerprint density at radius 2 is 1.76 bits per heavy atom. The van der Waals surface area contributed by atoms with Crippen molar-refractivity contribution < 1.29 is 42.1 Å². The maximum absolute atomic E-state index is 13.5. The Hall–Kier alpha value is -4.69. The first-order chi connectivity index (χ1) is 22.0. The van der Waals surface area contributed by atoms with Gasteiger partial charge in [0.25, 0.3) is 10.0 Å². The highest BCUT2D eigenvalue weighted by atomic mass is 32.2. The van der Waals surface area contributed by atoms with Gasteiger partial charge in [-0.1, -0.05) is 6.92 Å². The Morgan fingerprint density at radius 1 is 1.07 bits per heavy atom. The van der Waals surface area contributed by atoms with Gasteiger partial charge in [0.05, 0.1) is 37.6 Å². The summed E-state index contributed by atoms with van der Waals surface area (Å²) in [4.78, 5) is 29.8. The molecule has 0 aliphatic carbocycles. The normalized spacial score (nSPS) is 18.3.